The first-order valence-electron chi connectivity index (χ1n) is 15.1. The molecule has 0 amide bonds. The third-order valence-corrected chi connectivity index (χ3v) is 7.75. The van der Waals surface area contributed by atoms with Crippen molar-refractivity contribution in [1.82, 2.24) is 0 Å². The van der Waals surface area contributed by atoms with E-state index in [2.05, 4.69) is 27.7 Å². The van der Waals surface area contributed by atoms with Gasteiger partial charge in [-0.3, -0.25) is 0 Å². The number of carbonyl (C=O) groups excluding carboxylic acids is 2. The van der Waals surface area contributed by atoms with E-state index in [0.29, 0.717) is 59.1 Å². The highest BCUT2D eigenvalue weighted by Gasteiger charge is 2.23. The minimum absolute atomic E-state index is 0.309. The Morgan fingerprint density at radius 3 is 1.65 bits per heavy atom. The number of aryl methyl sites for hydroxylation is 1. The standard InChI is InChI=1S/C34H46O6/c1-6-11-16-24(8-3)22-37-33(35)39-31-27-19-13-14-20-28(27)32(30-26(10-5)18-15-21-29(30)31)40-34(36)38-23-25(9-4)17-12-7-2/h13-15,18-21,24-25H,6-12,16-17,22-23H2,1-5H3. The molecule has 0 aromatic heterocycles. The zero-order valence-corrected chi connectivity index (χ0v) is 24.9. The van der Waals surface area contributed by atoms with E-state index < -0.39 is 12.3 Å². The molecular weight excluding hydrogens is 504 g/mol. The molecule has 0 aliphatic heterocycles. The number of hydrogen-bond acceptors (Lipinski definition) is 6. The zero-order chi connectivity index (χ0) is 28.9. The molecule has 2 unspecified atom stereocenters. The Kier molecular flexibility index (Phi) is 12.6. The summed E-state index contributed by atoms with van der Waals surface area (Å²) in [5, 5.41) is 2.75. The van der Waals surface area contributed by atoms with Crippen molar-refractivity contribution >= 4 is 33.9 Å². The van der Waals surface area contributed by atoms with Crippen molar-refractivity contribution in [2.24, 2.45) is 11.8 Å². The molecule has 0 aliphatic rings. The van der Waals surface area contributed by atoms with Gasteiger partial charge < -0.3 is 18.9 Å². The molecule has 6 heteroatoms. The number of ether oxygens (including phenoxy) is 4. The molecule has 40 heavy (non-hydrogen) atoms. The van der Waals surface area contributed by atoms with Crippen LogP contribution in [0.1, 0.15) is 91.5 Å². The minimum Gasteiger partial charge on any atom is -0.434 e. The van der Waals surface area contributed by atoms with Crippen molar-refractivity contribution in [1.29, 1.82) is 0 Å². The van der Waals surface area contributed by atoms with Crippen molar-refractivity contribution in [3.05, 3.63) is 48.0 Å². The first kappa shape index (κ1) is 31.3. The summed E-state index contributed by atoms with van der Waals surface area (Å²) in [6.45, 7) is 11.2. The van der Waals surface area contributed by atoms with E-state index in [4.69, 9.17) is 18.9 Å². The van der Waals surface area contributed by atoms with Crippen molar-refractivity contribution in [3.63, 3.8) is 0 Å². The molecule has 3 aromatic rings. The van der Waals surface area contributed by atoms with Crippen LogP contribution in [0.15, 0.2) is 42.5 Å². The van der Waals surface area contributed by atoms with Gasteiger partial charge in [0.15, 0.2) is 5.75 Å². The van der Waals surface area contributed by atoms with Crippen LogP contribution >= 0.6 is 0 Å². The summed E-state index contributed by atoms with van der Waals surface area (Å²) >= 11 is 0. The van der Waals surface area contributed by atoms with Gasteiger partial charge in [0.25, 0.3) is 0 Å². The van der Waals surface area contributed by atoms with Gasteiger partial charge in [-0.05, 0) is 36.7 Å². The summed E-state index contributed by atoms with van der Waals surface area (Å²) in [6.07, 6.45) is 7.61. The van der Waals surface area contributed by atoms with Crippen molar-refractivity contribution in [3.8, 4) is 11.5 Å². The van der Waals surface area contributed by atoms with Gasteiger partial charge in [0.1, 0.15) is 5.75 Å². The number of benzene rings is 3. The van der Waals surface area contributed by atoms with Gasteiger partial charge in [0.05, 0.1) is 13.2 Å². The summed E-state index contributed by atoms with van der Waals surface area (Å²) in [5.74, 6) is 1.44. The second-order valence-corrected chi connectivity index (χ2v) is 10.6. The van der Waals surface area contributed by atoms with Gasteiger partial charge in [0, 0.05) is 21.5 Å². The van der Waals surface area contributed by atoms with E-state index in [-0.39, 0.29) is 0 Å². The van der Waals surface area contributed by atoms with E-state index in [1.54, 1.807) is 0 Å². The molecule has 6 nitrogen and oxygen atoms in total. The van der Waals surface area contributed by atoms with Crippen LogP contribution in [0.5, 0.6) is 11.5 Å². The maximum absolute atomic E-state index is 13.0. The average molecular weight is 551 g/mol. The highest BCUT2D eigenvalue weighted by molar-refractivity contribution is 6.13. The Bertz CT molecular complexity index is 1250. The lowest BCUT2D eigenvalue weighted by Crippen LogP contribution is -2.18. The normalized spacial score (nSPS) is 12.7. The predicted octanol–water partition coefficient (Wildman–Crippen LogP) is 10.0. The van der Waals surface area contributed by atoms with Crippen LogP contribution in [-0.4, -0.2) is 25.5 Å². The van der Waals surface area contributed by atoms with Crippen LogP contribution in [0.25, 0.3) is 21.5 Å². The minimum atomic E-state index is -0.728. The molecule has 3 rings (SSSR count). The predicted molar refractivity (Wildman–Crippen MR) is 161 cm³/mol. The number of carbonyl (C=O) groups is 2. The summed E-state index contributed by atoms with van der Waals surface area (Å²) in [4.78, 5) is 25.9. The molecule has 0 bridgehead atoms. The van der Waals surface area contributed by atoms with Gasteiger partial charge >= 0.3 is 12.3 Å². The molecule has 218 valence electrons. The quantitative estimate of drug-likeness (QED) is 0.106. The van der Waals surface area contributed by atoms with Crippen LogP contribution < -0.4 is 9.47 Å². The van der Waals surface area contributed by atoms with Crippen LogP contribution in [-0.2, 0) is 15.9 Å². The van der Waals surface area contributed by atoms with Crippen molar-refractivity contribution in [2.75, 3.05) is 13.2 Å². The molecule has 0 heterocycles. The largest absolute Gasteiger partial charge is 0.513 e. The van der Waals surface area contributed by atoms with E-state index >= 15 is 0 Å². The Morgan fingerprint density at radius 1 is 0.650 bits per heavy atom. The van der Waals surface area contributed by atoms with E-state index in [0.717, 1.165) is 62.3 Å². The van der Waals surface area contributed by atoms with E-state index in [9.17, 15) is 9.59 Å². The molecule has 0 saturated carbocycles. The molecular formula is C34H46O6. The maximum atomic E-state index is 13.0. The van der Waals surface area contributed by atoms with Crippen LogP contribution in [0.4, 0.5) is 9.59 Å². The lowest BCUT2D eigenvalue weighted by Gasteiger charge is -2.19. The molecule has 3 aromatic carbocycles. The molecule has 0 fully saturated rings. The molecule has 0 N–H and O–H groups in total. The summed E-state index contributed by atoms with van der Waals surface area (Å²) in [5.41, 5.74) is 0.976. The topological polar surface area (TPSA) is 71.1 Å². The summed E-state index contributed by atoms with van der Waals surface area (Å²) in [7, 11) is 0. The third-order valence-electron chi connectivity index (χ3n) is 7.75. The smallest absolute Gasteiger partial charge is 0.434 e. The van der Waals surface area contributed by atoms with E-state index in [1.807, 2.05) is 49.4 Å². The van der Waals surface area contributed by atoms with Crippen LogP contribution in [0, 0.1) is 11.8 Å². The first-order valence-corrected chi connectivity index (χ1v) is 15.1. The molecule has 0 saturated heterocycles. The molecule has 0 radical (unpaired) electrons. The monoisotopic (exact) mass is 550 g/mol. The van der Waals surface area contributed by atoms with E-state index in [1.165, 1.54) is 0 Å². The first-order chi connectivity index (χ1) is 19.5. The highest BCUT2D eigenvalue weighted by Crippen LogP contribution is 2.44. The highest BCUT2D eigenvalue weighted by atomic mass is 16.7. The average Bonchev–Trinajstić information content (AvgIpc) is 2.98. The summed E-state index contributed by atoms with van der Waals surface area (Å²) in [6, 6.07) is 13.3. The zero-order valence-electron chi connectivity index (χ0n) is 24.9. The number of fused-ring (bicyclic) bond motifs is 2. The van der Waals surface area contributed by atoms with Crippen LogP contribution in [0.3, 0.4) is 0 Å². The Hall–Kier alpha value is -3.28. The fourth-order valence-electron chi connectivity index (χ4n) is 5.12. The van der Waals surface area contributed by atoms with Crippen molar-refractivity contribution in [2.45, 2.75) is 92.4 Å². The molecule has 0 aliphatic carbocycles. The van der Waals surface area contributed by atoms with Gasteiger partial charge in [-0.25, -0.2) is 9.59 Å². The van der Waals surface area contributed by atoms with Gasteiger partial charge in [-0.2, -0.15) is 0 Å². The number of hydrogen-bond donors (Lipinski definition) is 0. The molecule has 2 atom stereocenters. The SMILES string of the molecule is CCCCC(CC)COC(=O)Oc1c2ccccc2c(OC(=O)OCC(CC)CCCC)c2c(CC)cccc12. The Balaban J connectivity index is 1.95. The maximum Gasteiger partial charge on any atom is 0.513 e. The second kappa shape index (κ2) is 16.1. The second-order valence-electron chi connectivity index (χ2n) is 10.6. The Morgan fingerprint density at radius 2 is 1.15 bits per heavy atom. The Labute approximate surface area is 239 Å². The fraction of sp³-hybridized carbons (Fsp3) is 0.529. The third kappa shape index (κ3) is 8.12. The number of rotatable bonds is 15. The van der Waals surface area contributed by atoms with Gasteiger partial charge in [-0.15, -0.1) is 0 Å². The van der Waals surface area contributed by atoms with Crippen LogP contribution in [0.2, 0.25) is 0 Å². The van der Waals surface area contributed by atoms with Gasteiger partial charge in [0.2, 0.25) is 0 Å². The lowest BCUT2D eigenvalue weighted by atomic mass is 9.96. The van der Waals surface area contributed by atoms with Gasteiger partial charge in [-0.1, -0.05) is 116 Å². The lowest BCUT2D eigenvalue weighted by molar-refractivity contribution is 0.0805. The molecule has 0 spiro atoms. The fourth-order valence-corrected chi connectivity index (χ4v) is 5.12. The summed E-state index contributed by atoms with van der Waals surface area (Å²) < 4.78 is 23.0. The number of unbranched alkanes of at least 4 members (excludes halogenated alkanes) is 2. The van der Waals surface area contributed by atoms with Crippen molar-refractivity contribution < 1.29 is 28.5 Å².